The molecule has 1 saturated carbocycles. The third kappa shape index (κ3) is 3.03. The van der Waals surface area contributed by atoms with Gasteiger partial charge in [0.2, 0.25) is 0 Å². The number of rotatable bonds is 5. The van der Waals surface area contributed by atoms with E-state index in [2.05, 4.69) is 31.0 Å². The van der Waals surface area contributed by atoms with Gasteiger partial charge in [-0.2, -0.15) is 0 Å². The van der Waals surface area contributed by atoms with Crippen LogP contribution in [0.1, 0.15) is 52.9 Å². The van der Waals surface area contributed by atoms with Gasteiger partial charge in [-0.05, 0) is 37.6 Å². The maximum Gasteiger partial charge on any atom is 0.0348 e. The Labute approximate surface area is 107 Å². The van der Waals surface area contributed by atoms with Crippen LogP contribution in [-0.4, -0.2) is 36.6 Å². The summed E-state index contributed by atoms with van der Waals surface area (Å²) < 4.78 is 0. The SMILES string of the molecule is CCCN(C1CNC1)C1CCCCC1C(C)C. The summed E-state index contributed by atoms with van der Waals surface area (Å²) in [4.78, 5) is 2.85. The molecule has 0 radical (unpaired) electrons. The van der Waals surface area contributed by atoms with E-state index >= 15 is 0 Å². The summed E-state index contributed by atoms with van der Waals surface area (Å²) in [6.45, 7) is 10.9. The Kier molecular flexibility index (Phi) is 4.87. The van der Waals surface area contributed by atoms with Crippen LogP contribution < -0.4 is 5.32 Å². The van der Waals surface area contributed by atoms with Gasteiger partial charge in [-0.1, -0.05) is 33.6 Å². The summed E-state index contributed by atoms with van der Waals surface area (Å²) >= 11 is 0. The molecule has 2 heteroatoms. The van der Waals surface area contributed by atoms with Gasteiger partial charge >= 0.3 is 0 Å². The van der Waals surface area contributed by atoms with Crippen LogP contribution in [0.3, 0.4) is 0 Å². The first-order valence-electron chi connectivity index (χ1n) is 7.70. The molecular formula is C15H30N2. The first-order chi connectivity index (χ1) is 8.24. The highest BCUT2D eigenvalue weighted by molar-refractivity contribution is 4.93. The minimum absolute atomic E-state index is 0.833. The molecular weight excluding hydrogens is 208 g/mol. The Morgan fingerprint density at radius 1 is 1.18 bits per heavy atom. The van der Waals surface area contributed by atoms with E-state index in [4.69, 9.17) is 0 Å². The van der Waals surface area contributed by atoms with Crippen molar-refractivity contribution in [2.75, 3.05) is 19.6 Å². The van der Waals surface area contributed by atoms with Crippen molar-refractivity contribution in [2.24, 2.45) is 11.8 Å². The Balaban J connectivity index is 2.02. The van der Waals surface area contributed by atoms with Gasteiger partial charge in [0.25, 0.3) is 0 Å². The largest absolute Gasteiger partial charge is 0.314 e. The molecule has 2 rings (SSSR count). The number of hydrogen-bond donors (Lipinski definition) is 1. The molecule has 2 unspecified atom stereocenters. The fourth-order valence-electron chi connectivity index (χ4n) is 3.71. The summed E-state index contributed by atoms with van der Waals surface area (Å²) in [5, 5.41) is 3.44. The van der Waals surface area contributed by atoms with E-state index in [0.29, 0.717) is 0 Å². The molecule has 1 N–H and O–H groups in total. The van der Waals surface area contributed by atoms with Gasteiger partial charge in [-0.25, -0.2) is 0 Å². The smallest absolute Gasteiger partial charge is 0.0348 e. The van der Waals surface area contributed by atoms with Gasteiger partial charge in [0.15, 0.2) is 0 Å². The topological polar surface area (TPSA) is 15.3 Å². The molecule has 0 aromatic rings. The number of nitrogens with one attached hydrogen (secondary N) is 1. The van der Waals surface area contributed by atoms with E-state index in [1.54, 1.807) is 0 Å². The normalized spacial score (nSPS) is 30.9. The summed E-state index contributed by atoms with van der Waals surface area (Å²) in [6.07, 6.45) is 7.12. The molecule has 2 aliphatic rings. The Morgan fingerprint density at radius 3 is 2.41 bits per heavy atom. The second kappa shape index (κ2) is 6.19. The molecule has 1 aliphatic heterocycles. The molecule has 100 valence electrons. The molecule has 17 heavy (non-hydrogen) atoms. The van der Waals surface area contributed by atoms with Gasteiger partial charge in [0.05, 0.1) is 0 Å². The zero-order valence-corrected chi connectivity index (χ0v) is 11.9. The highest BCUT2D eigenvalue weighted by atomic mass is 15.3. The second-order valence-corrected chi connectivity index (χ2v) is 6.31. The predicted molar refractivity (Wildman–Crippen MR) is 74.2 cm³/mol. The van der Waals surface area contributed by atoms with Crippen LogP contribution in [0, 0.1) is 11.8 Å². The molecule has 0 amide bonds. The maximum absolute atomic E-state index is 3.44. The van der Waals surface area contributed by atoms with Gasteiger partial charge in [-0.15, -0.1) is 0 Å². The van der Waals surface area contributed by atoms with Crippen LogP contribution in [0.4, 0.5) is 0 Å². The van der Waals surface area contributed by atoms with Crippen LogP contribution >= 0.6 is 0 Å². The molecule has 1 aliphatic carbocycles. The van der Waals surface area contributed by atoms with E-state index in [1.165, 1.54) is 51.7 Å². The fraction of sp³-hybridized carbons (Fsp3) is 1.00. The fourth-order valence-corrected chi connectivity index (χ4v) is 3.71. The lowest BCUT2D eigenvalue weighted by Gasteiger charge is -2.48. The molecule has 1 heterocycles. The van der Waals surface area contributed by atoms with Crippen molar-refractivity contribution in [3.05, 3.63) is 0 Å². The van der Waals surface area contributed by atoms with E-state index < -0.39 is 0 Å². The number of hydrogen-bond acceptors (Lipinski definition) is 2. The molecule has 0 aromatic carbocycles. The lowest BCUT2D eigenvalue weighted by Crippen LogP contribution is -2.62. The summed E-state index contributed by atoms with van der Waals surface area (Å²) in [7, 11) is 0. The molecule has 1 saturated heterocycles. The van der Waals surface area contributed by atoms with Crippen molar-refractivity contribution in [3.63, 3.8) is 0 Å². The minimum atomic E-state index is 0.833. The van der Waals surface area contributed by atoms with Crippen molar-refractivity contribution in [3.8, 4) is 0 Å². The quantitative estimate of drug-likeness (QED) is 0.792. The first-order valence-corrected chi connectivity index (χ1v) is 7.70. The molecule has 0 spiro atoms. The van der Waals surface area contributed by atoms with Gasteiger partial charge in [0.1, 0.15) is 0 Å². The van der Waals surface area contributed by atoms with E-state index in [9.17, 15) is 0 Å². The monoisotopic (exact) mass is 238 g/mol. The van der Waals surface area contributed by atoms with Crippen LogP contribution in [0.15, 0.2) is 0 Å². The van der Waals surface area contributed by atoms with Crippen molar-refractivity contribution in [1.29, 1.82) is 0 Å². The molecule has 2 fully saturated rings. The molecule has 2 nitrogen and oxygen atoms in total. The standard InChI is InChI=1S/C15H30N2/c1-4-9-17(13-10-16-11-13)15-8-6-5-7-14(15)12(2)3/h12-16H,4-11H2,1-3H3. The zero-order valence-electron chi connectivity index (χ0n) is 11.9. The maximum atomic E-state index is 3.44. The Hall–Kier alpha value is -0.0800. The summed E-state index contributed by atoms with van der Waals surface area (Å²) in [5.41, 5.74) is 0. The first kappa shape index (κ1) is 13.4. The molecule has 2 atom stereocenters. The second-order valence-electron chi connectivity index (χ2n) is 6.31. The van der Waals surface area contributed by atoms with Crippen molar-refractivity contribution in [2.45, 2.75) is 65.0 Å². The van der Waals surface area contributed by atoms with Crippen molar-refractivity contribution in [1.82, 2.24) is 10.2 Å². The molecule has 0 aromatic heterocycles. The third-order valence-corrected chi connectivity index (χ3v) is 4.77. The van der Waals surface area contributed by atoms with Crippen LogP contribution in [0.25, 0.3) is 0 Å². The van der Waals surface area contributed by atoms with Crippen LogP contribution in [0.2, 0.25) is 0 Å². The summed E-state index contributed by atoms with van der Waals surface area (Å²) in [6, 6.07) is 1.70. The Bertz CT molecular complexity index is 223. The van der Waals surface area contributed by atoms with Gasteiger partial charge < -0.3 is 5.32 Å². The zero-order chi connectivity index (χ0) is 12.3. The van der Waals surface area contributed by atoms with Gasteiger partial charge in [0, 0.05) is 25.2 Å². The van der Waals surface area contributed by atoms with E-state index in [1.807, 2.05) is 0 Å². The van der Waals surface area contributed by atoms with Crippen LogP contribution in [0.5, 0.6) is 0 Å². The third-order valence-electron chi connectivity index (χ3n) is 4.77. The minimum Gasteiger partial charge on any atom is -0.314 e. The highest BCUT2D eigenvalue weighted by Crippen LogP contribution is 2.34. The lowest BCUT2D eigenvalue weighted by molar-refractivity contribution is 0.0246. The van der Waals surface area contributed by atoms with Crippen LogP contribution in [-0.2, 0) is 0 Å². The van der Waals surface area contributed by atoms with Crippen molar-refractivity contribution < 1.29 is 0 Å². The van der Waals surface area contributed by atoms with E-state index in [0.717, 1.165) is 23.9 Å². The lowest BCUT2D eigenvalue weighted by atomic mass is 9.76. The summed E-state index contributed by atoms with van der Waals surface area (Å²) in [5.74, 6) is 1.79. The average molecular weight is 238 g/mol. The van der Waals surface area contributed by atoms with E-state index in [-0.39, 0.29) is 0 Å². The average Bonchev–Trinajstić information content (AvgIpc) is 2.26. The highest BCUT2D eigenvalue weighted by Gasteiger charge is 2.36. The molecule has 0 bridgehead atoms. The number of nitrogens with zero attached hydrogens (tertiary/aromatic N) is 1. The predicted octanol–water partition coefficient (Wildman–Crippen LogP) is 2.89. The Morgan fingerprint density at radius 2 is 1.88 bits per heavy atom. The van der Waals surface area contributed by atoms with Crippen molar-refractivity contribution >= 4 is 0 Å². The van der Waals surface area contributed by atoms with Gasteiger partial charge in [-0.3, -0.25) is 4.90 Å².